The largest absolute Gasteiger partial charge is 0.336 e. The quantitative estimate of drug-likeness (QED) is 0.334. The zero-order valence-corrected chi connectivity index (χ0v) is 8.43. The van der Waals surface area contributed by atoms with E-state index in [1.807, 2.05) is 0 Å². The van der Waals surface area contributed by atoms with Crippen LogP contribution in [0.3, 0.4) is 0 Å². The van der Waals surface area contributed by atoms with Crippen LogP contribution in [-0.4, -0.2) is 53.9 Å². The summed E-state index contributed by atoms with van der Waals surface area (Å²) in [7, 11) is 1.47. The molecule has 0 unspecified atom stereocenters. The van der Waals surface area contributed by atoms with Crippen molar-refractivity contribution in [3.05, 3.63) is 0 Å². The van der Waals surface area contributed by atoms with E-state index < -0.39 is 11.8 Å². The van der Waals surface area contributed by atoms with Crippen LogP contribution in [-0.2, 0) is 19.2 Å². The van der Waals surface area contributed by atoms with Crippen molar-refractivity contribution >= 4 is 24.0 Å². The van der Waals surface area contributed by atoms with Gasteiger partial charge in [-0.1, -0.05) is 0 Å². The Kier molecular flexibility index (Phi) is 3.54. The van der Waals surface area contributed by atoms with Crippen molar-refractivity contribution in [2.45, 2.75) is 12.8 Å². The molecular formula is C9H12N2O4. The minimum Gasteiger partial charge on any atom is -0.336 e. The summed E-state index contributed by atoms with van der Waals surface area (Å²) >= 11 is 0. The van der Waals surface area contributed by atoms with Crippen LogP contribution < -0.4 is 0 Å². The molecule has 1 aliphatic heterocycles. The van der Waals surface area contributed by atoms with Crippen molar-refractivity contribution in [2.24, 2.45) is 0 Å². The number of aldehydes is 1. The fourth-order valence-electron chi connectivity index (χ4n) is 1.31. The Morgan fingerprint density at radius 1 is 1.20 bits per heavy atom. The highest BCUT2D eigenvalue weighted by Gasteiger charge is 2.30. The molecule has 0 aliphatic carbocycles. The molecule has 1 heterocycles. The fraction of sp³-hybridized carbons (Fsp3) is 0.556. The molecular weight excluding hydrogens is 200 g/mol. The van der Waals surface area contributed by atoms with Crippen LogP contribution in [0.15, 0.2) is 0 Å². The van der Waals surface area contributed by atoms with Gasteiger partial charge in [0.25, 0.3) is 0 Å². The van der Waals surface area contributed by atoms with Crippen LogP contribution in [0.1, 0.15) is 12.8 Å². The second-order valence-electron chi connectivity index (χ2n) is 3.32. The second kappa shape index (κ2) is 4.68. The summed E-state index contributed by atoms with van der Waals surface area (Å²) in [5, 5.41) is 0. The van der Waals surface area contributed by atoms with Crippen molar-refractivity contribution in [3.8, 4) is 0 Å². The first kappa shape index (κ1) is 11.4. The molecule has 1 saturated heterocycles. The monoisotopic (exact) mass is 212 g/mol. The summed E-state index contributed by atoms with van der Waals surface area (Å²) in [6.45, 7) is -0.0499. The number of hydrogen-bond acceptors (Lipinski definition) is 4. The molecule has 0 radical (unpaired) electrons. The van der Waals surface area contributed by atoms with Crippen molar-refractivity contribution in [3.63, 3.8) is 0 Å². The van der Waals surface area contributed by atoms with Gasteiger partial charge in [-0.25, -0.2) is 0 Å². The molecule has 0 bridgehead atoms. The molecule has 1 fully saturated rings. The van der Waals surface area contributed by atoms with Gasteiger partial charge in [0.1, 0.15) is 12.7 Å². The summed E-state index contributed by atoms with van der Waals surface area (Å²) in [6, 6.07) is 0. The number of amides is 3. The van der Waals surface area contributed by atoms with E-state index in [0.717, 1.165) is 4.90 Å². The lowest BCUT2D eigenvalue weighted by atomic mass is 10.3. The maximum atomic E-state index is 11.5. The average Bonchev–Trinajstić information content (AvgIpc) is 2.25. The Morgan fingerprint density at radius 2 is 1.87 bits per heavy atom. The molecule has 3 amide bonds. The lowest BCUT2D eigenvalue weighted by Crippen LogP contribution is -2.39. The second-order valence-corrected chi connectivity index (χ2v) is 3.32. The molecule has 6 nitrogen and oxygen atoms in total. The van der Waals surface area contributed by atoms with Crippen LogP contribution >= 0.6 is 0 Å². The summed E-state index contributed by atoms with van der Waals surface area (Å²) in [5.74, 6) is -1.34. The zero-order chi connectivity index (χ0) is 11.4. The smallest absolute Gasteiger partial charge is 0.248 e. The SMILES string of the molecule is CN1CC(=O)N(CCC=O)C(=O)CC1=O. The van der Waals surface area contributed by atoms with Gasteiger partial charge in [-0.15, -0.1) is 0 Å². The molecule has 82 valence electrons. The number of likely N-dealkylation sites (N-methyl/N-ethyl adjacent to an activating group) is 1. The van der Waals surface area contributed by atoms with E-state index in [0.29, 0.717) is 6.29 Å². The third-order valence-corrected chi connectivity index (χ3v) is 2.17. The molecule has 0 aromatic carbocycles. The molecule has 0 aromatic rings. The number of carbonyl (C=O) groups is 4. The maximum Gasteiger partial charge on any atom is 0.248 e. The number of hydrogen-bond donors (Lipinski definition) is 0. The van der Waals surface area contributed by atoms with Gasteiger partial charge >= 0.3 is 0 Å². The Morgan fingerprint density at radius 3 is 2.47 bits per heavy atom. The number of imide groups is 1. The number of rotatable bonds is 3. The number of nitrogens with zero attached hydrogens (tertiary/aromatic N) is 2. The summed E-state index contributed by atoms with van der Waals surface area (Å²) in [5.41, 5.74) is 0. The Hall–Kier alpha value is -1.72. The van der Waals surface area contributed by atoms with Crippen LogP contribution in [0, 0.1) is 0 Å². The fourth-order valence-corrected chi connectivity index (χ4v) is 1.31. The lowest BCUT2D eigenvalue weighted by Gasteiger charge is -2.16. The van der Waals surface area contributed by atoms with Gasteiger partial charge in [0, 0.05) is 20.0 Å². The predicted molar refractivity (Wildman–Crippen MR) is 49.7 cm³/mol. The zero-order valence-electron chi connectivity index (χ0n) is 8.43. The first-order chi connectivity index (χ1) is 7.06. The van der Waals surface area contributed by atoms with Crippen molar-refractivity contribution in [1.82, 2.24) is 9.80 Å². The van der Waals surface area contributed by atoms with E-state index in [1.165, 1.54) is 11.9 Å². The molecule has 1 rings (SSSR count). The van der Waals surface area contributed by atoms with Crippen molar-refractivity contribution in [1.29, 1.82) is 0 Å². The Bertz CT molecular complexity index is 313. The van der Waals surface area contributed by atoms with E-state index >= 15 is 0 Å². The highest BCUT2D eigenvalue weighted by Crippen LogP contribution is 2.06. The summed E-state index contributed by atoms with van der Waals surface area (Å²) in [6.07, 6.45) is 0.438. The van der Waals surface area contributed by atoms with Gasteiger partial charge in [0.15, 0.2) is 0 Å². The van der Waals surface area contributed by atoms with E-state index in [4.69, 9.17) is 0 Å². The normalized spacial score (nSPS) is 18.1. The number of carbonyl (C=O) groups excluding carboxylic acids is 4. The van der Waals surface area contributed by atoms with Gasteiger partial charge in [0.2, 0.25) is 17.7 Å². The minimum atomic E-state index is -0.531. The van der Waals surface area contributed by atoms with E-state index in [2.05, 4.69) is 0 Å². The van der Waals surface area contributed by atoms with Gasteiger partial charge < -0.3 is 9.69 Å². The van der Waals surface area contributed by atoms with Gasteiger partial charge in [-0.05, 0) is 0 Å². The van der Waals surface area contributed by atoms with Gasteiger partial charge in [-0.2, -0.15) is 0 Å². The molecule has 15 heavy (non-hydrogen) atoms. The molecule has 0 saturated carbocycles. The van der Waals surface area contributed by atoms with Crippen molar-refractivity contribution in [2.75, 3.05) is 20.1 Å². The third-order valence-electron chi connectivity index (χ3n) is 2.17. The average molecular weight is 212 g/mol. The van der Waals surface area contributed by atoms with E-state index in [9.17, 15) is 19.2 Å². The minimum absolute atomic E-state index is 0.0578. The molecule has 0 N–H and O–H groups in total. The van der Waals surface area contributed by atoms with E-state index in [1.54, 1.807) is 0 Å². The maximum absolute atomic E-state index is 11.5. The highest BCUT2D eigenvalue weighted by molar-refractivity contribution is 6.07. The highest BCUT2D eigenvalue weighted by atomic mass is 16.2. The van der Waals surface area contributed by atoms with E-state index in [-0.39, 0.29) is 31.8 Å². The van der Waals surface area contributed by atoms with Crippen LogP contribution in [0.25, 0.3) is 0 Å². The van der Waals surface area contributed by atoms with Crippen LogP contribution in [0.5, 0.6) is 0 Å². The van der Waals surface area contributed by atoms with Crippen LogP contribution in [0.2, 0.25) is 0 Å². The molecule has 1 aliphatic rings. The lowest BCUT2D eigenvalue weighted by molar-refractivity contribution is -0.143. The molecule has 0 spiro atoms. The summed E-state index contributed by atoms with van der Waals surface area (Å²) < 4.78 is 0. The Labute approximate surface area is 86.8 Å². The first-order valence-electron chi connectivity index (χ1n) is 4.57. The van der Waals surface area contributed by atoms with Crippen LogP contribution in [0.4, 0.5) is 0 Å². The molecule has 6 heteroatoms. The predicted octanol–water partition coefficient (Wildman–Crippen LogP) is -1.21. The first-order valence-corrected chi connectivity index (χ1v) is 4.57. The standard InChI is InChI=1S/C9H12N2O4/c1-10-6-9(15)11(3-2-4-12)8(14)5-7(10)13/h4H,2-3,5-6H2,1H3. The topological polar surface area (TPSA) is 74.8 Å². The molecule has 0 atom stereocenters. The van der Waals surface area contributed by atoms with Gasteiger partial charge in [0.05, 0.1) is 6.54 Å². The van der Waals surface area contributed by atoms with Crippen molar-refractivity contribution < 1.29 is 19.2 Å². The van der Waals surface area contributed by atoms with Gasteiger partial charge in [-0.3, -0.25) is 19.3 Å². The molecule has 0 aromatic heterocycles. The third kappa shape index (κ3) is 2.61. The summed E-state index contributed by atoms with van der Waals surface area (Å²) in [4.78, 5) is 46.5. The Balaban J connectivity index is 2.77.